The molecule has 0 fully saturated rings. The van der Waals surface area contributed by atoms with Crippen molar-refractivity contribution in [3.05, 3.63) is 29.8 Å². The lowest BCUT2D eigenvalue weighted by molar-refractivity contribution is -0.144. The Balaban J connectivity index is 2.92. The Morgan fingerprint density at radius 2 is 2.00 bits per heavy atom. The minimum atomic E-state index is -1.08. The van der Waals surface area contributed by atoms with Crippen LogP contribution in [0.1, 0.15) is 13.8 Å². The lowest BCUT2D eigenvalue weighted by Crippen LogP contribution is -2.41. The number of hydrogen-bond donors (Lipinski definition) is 1. The van der Waals surface area contributed by atoms with Crippen molar-refractivity contribution < 1.29 is 18.3 Å². The number of benzene rings is 1. The highest BCUT2D eigenvalue weighted by Gasteiger charge is 2.29. The highest BCUT2D eigenvalue weighted by molar-refractivity contribution is 5.83. The molecule has 0 aromatic heterocycles. The molecule has 3 nitrogen and oxygen atoms in total. The second-order valence-electron chi connectivity index (χ2n) is 3.87. The summed E-state index contributed by atoms with van der Waals surface area (Å²) < 4.78 is 30.5. The van der Waals surface area contributed by atoms with E-state index in [4.69, 9.17) is 0 Å². The molecule has 0 heterocycles. The minimum Gasteiger partial charge on any atom is -0.467 e. The van der Waals surface area contributed by atoms with Crippen molar-refractivity contribution in [3.63, 3.8) is 0 Å². The van der Waals surface area contributed by atoms with Gasteiger partial charge in [0.2, 0.25) is 0 Å². The minimum absolute atomic E-state index is 0.0526. The van der Waals surface area contributed by atoms with E-state index in [1.807, 2.05) is 0 Å². The molecule has 0 spiro atoms. The fourth-order valence-corrected chi connectivity index (χ4v) is 1.23. The molecule has 0 radical (unpaired) electrons. The van der Waals surface area contributed by atoms with Gasteiger partial charge in [0, 0.05) is 6.07 Å². The molecule has 88 valence electrons. The summed E-state index contributed by atoms with van der Waals surface area (Å²) in [4.78, 5) is 11.3. The standard InChI is InChI=1S/C11H13F2NO2/c1-11(2,10(15)16-3)14-9-5-4-7(12)6-8(9)13/h4-6,14H,1-3H3. The number of nitrogens with one attached hydrogen (secondary N) is 1. The molecular formula is C11H13F2NO2. The van der Waals surface area contributed by atoms with Crippen LogP contribution in [-0.4, -0.2) is 18.6 Å². The first-order valence-corrected chi connectivity index (χ1v) is 4.68. The molecule has 0 aliphatic heterocycles. The third-order valence-electron chi connectivity index (χ3n) is 2.07. The van der Waals surface area contributed by atoms with Crippen LogP contribution in [0.25, 0.3) is 0 Å². The van der Waals surface area contributed by atoms with Crippen LogP contribution in [0.4, 0.5) is 14.5 Å². The second-order valence-corrected chi connectivity index (χ2v) is 3.87. The van der Waals surface area contributed by atoms with Crippen LogP contribution in [0, 0.1) is 11.6 Å². The van der Waals surface area contributed by atoms with E-state index in [9.17, 15) is 13.6 Å². The van der Waals surface area contributed by atoms with Crippen molar-refractivity contribution in [2.75, 3.05) is 12.4 Å². The summed E-state index contributed by atoms with van der Waals surface area (Å²) in [6, 6.07) is 3.09. The Kier molecular flexibility index (Phi) is 3.47. The van der Waals surface area contributed by atoms with E-state index in [1.165, 1.54) is 13.2 Å². The van der Waals surface area contributed by atoms with E-state index in [0.717, 1.165) is 12.1 Å². The maximum Gasteiger partial charge on any atom is 0.330 e. The normalized spacial score (nSPS) is 11.1. The van der Waals surface area contributed by atoms with Crippen molar-refractivity contribution in [2.45, 2.75) is 19.4 Å². The number of esters is 1. The summed E-state index contributed by atoms with van der Waals surface area (Å²) in [6.07, 6.45) is 0. The van der Waals surface area contributed by atoms with Crippen molar-refractivity contribution in [2.24, 2.45) is 0 Å². The zero-order valence-corrected chi connectivity index (χ0v) is 9.30. The van der Waals surface area contributed by atoms with Gasteiger partial charge in [-0.3, -0.25) is 0 Å². The summed E-state index contributed by atoms with van der Waals surface area (Å²) in [5.74, 6) is -1.95. The van der Waals surface area contributed by atoms with Crippen LogP contribution in [0.5, 0.6) is 0 Å². The number of carbonyl (C=O) groups excluding carboxylic acids is 1. The van der Waals surface area contributed by atoms with Crippen LogP contribution in [-0.2, 0) is 9.53 Å². The van der Waals surface area contributed by atoms with Gasteiger partial charge >= 0.3 is 5.97 Å². The van der Waals surface area contributed by atoms with Gasteiger partial charge in [-0.15, -0.1) is 0 Å². The second kappa shape index (κ2) is 4.47. The van der Waals surface area contributed by atoms with Crippen molar-refractivity contribution in [1.82, 2.24) is 0 Å². The fourth-order valence-electron chi connectivity index (χ4n) is 1.23. The molecule has 0 atom stereocenters. The number of anilines is 1. The van der Waals surface area contributed by atoms with Gasteiger partial charge in [0.15, 0.2) is 0 Å². The summed E-state index contributed by atoms with van der Waals surface area (Å²) in [5, 5.41) is 2.65. The summed E-state index contributed by atoms with van der Waals surface area (Å²) in [5.41, 5.74) is -1.02. The number of ether oxygens (including phenoxy) is 1. The highest BCUT2D eigenvalue weighted by atomic mass is 19.1. The highest BCUT2D eigenvalue weighted by Crippen LogP contribution is 2.20. The smallest absolute Gasteiger partial charge is 0.330 e. The zero-order valence-electron chi connectivity index (χ0n) is 9.30. The summed E-state index contributed by atoms with van der Waals surface area (Å²) in [6.45, 7) is 3.09. The molecule has 0 unspecified atom stereocenters. The molecule has 0 saturated heterocycles. The maximum absolute atomic E-state index is 13.3. The lowest BCUT2D eigenvalue weighted by atomic mass is 10.1. The molecule has 0 saturated carbocycles. The predicted octanol–water partition coefficient (Wildman–Crippen LogP) is 2.33. The summed E-state index contributed by atoms with van der Waals surface area (Å²) >= 11 is 0. The first kappa shape index (κ1) is 12.4. The van der Waals surface area contributed by atoms with E-state index in [-0.39, 0.29) is 5.69 Å². The first-order valence-electron chi connectivity index (χ1n) is 4.68. The molecular weight excluding hydrogens is 216 g/mol. The van der Waals surface area contributed by atoms with Gasteiger partial charge in [0.25, 0.3) is 0 Å². The van der Waals surface area contributed by atoms with Gasteiger partial charge < -0.3 is 10.1 Å². The Bertz CT molecular complexity index is 405. The lowest BCUT2D eigenvalue weighted by Gasteiger charge is -2.24. The third kappa shape index (κ3) is 2.68. The first-order chi connectivity index (χ1) is 7.36. The van der Waals surface area contributed by atoms with Crippen molar-refractivity contribution in [1.29, 1.82) is 0 Å². The van der Waals surface area contributed by atoms with Crippen LogP contribution in [0.2, 0.25) is 0 Å². The van der Waals surface area contributed by atoms with E-state index >= 15 is 0 Å². The topological polar surface area (TPSA) is 38.3 Å². The maximum atomic E-state index is 13.3. The molecule has 0 aliphatic rings. The monoisotopic (exact) mass is 229 g/mol. The molecule has 5 heteroatoms. The third-order valence-corrected chi connectivity index (χ3v) is 2.07. The number of halogens is 2. The number of methoxy groups -OCH3 is 1. The molecule has 1 aromatic carbocycles. The quantitative estimate of drug-likeness (QED) is 0.808. The molecule has 1 aromatic rings. The predicted molar refractivity (Wildman–Crippen MR) is 56.1 cm³/mol. The van der Waals surface area contributed by atoms with Gasteiger partial charge in [0.05, 0.1) is 12.8 Å². The average molecular weight is 229 g/mol. The number of hydrogen-bond acceptors (Lipinski definition) is 3. The van der Waals surface area contributed by atoms with Crippen molar-refractivity contribution >= 4 is 11.7 Å². The Morgan fingerprint density at radius 1 is 1.38 bits per heavy atom. The Hall–Kier alpha value is -1.65. The van der Waals surface area contributed by atoms with Crippen LogP contribution in [0.15, 0.2) is 18.2 Å². The zero-order chi connectivity index (χ0) is 12.3. The molecule has 16 heavy (non-hydrogen) atoms. The Morgan fingerprint density at radius 3 is 2.50 bits per heavy atom. The van der Waals surface area contributed by atoms with Gasteiger partial charge in [0.1, 0.15) is 17.2 Å². The van der Waals surface area contributed by atoms with Crippen LogP contribution < -0.4 is 5.32 Å². The van der Waals surface area contributed by atoms with Crippen LogP contribution in [0.3, 0.4) is 0 Å². The molecule has 1 rings (SSSR count). The van der Waals surface area contributed by atoms with Gasteiger partial charge in [-0.25, -0.2) is 13.6 Å². The van der Waals surface area contributed by atoms with Crippen molar-refractivity contribution in [3.8, 4) is 0 Å². The number of carbonyl (C=O) groups is 1. The van der Waals surface area contributed by atoms with Gasteiger partial charge in [-0.05, 0) is 26.0 Å². The number of rotatable bonds is 3. The van der Waals surface area contributed by atoms with Gasteiger partial charge in [-0.1, -0.05) is 0 Å². The average Bonchev–Trinajstić information content (AvgIpc) is 2.21. The molecule has 0 bridgehead atoms. The molecule has 0 aliphatic carbocycles. The van der Waals surface area contributed by atoms with Gasteiger partial charge in [-0.2, -0.15) is 0 Å². The summed E-state index contributed by atoms with van der Waals surface area (Å²) in [7, 11) is 1.24. The Labute approximate surface area is 92.4 Å². The van der Waals surface area contributed by atoms with E-state index in [1.54, 1.807) is 13.8 Å². The largest absolute Gasteiger partial charge is 0.467 e. The van der Waals surface area contributed by atoms with Crippen LogP contribution >= 0.6 is 0 Å². The SMILES string of the molecule is COC(=O)C(C)(C)Nc1ccc(F)cc1F. The van der Waals surface area contributed by atoms with E-state index in [2.05, 4.69) is 10.1 Å². The fraction of sp³-hybridized carbons (Fsp3) is 0.364. The molecule has 0 amide bonds. The van der Waals surface area contributed by atoms with E-state index < -0.39 is 23.1 Å². The van der Waals surface area contributed by atoms with E-state index in [0.29, 0.717) is 0 Å². The molecule has 1 N–H and O–H groups in total.